The number of ether oxygens (including phenoxy) is 9. The van der Waals surface area contributed by atoms with Gasteiger partial charge in [0.1, 0.15) is 12.2 Å². The molecule has 5 heterocycles. The summed E-state index contributed by atoms with van der Waals surface area (Å²) < 4.78 is 55.3. The molecule has 564 valence electrons. The van der Waals surface area contributed by atoms with Crippen molar-refractivity contribution in [3.63, 3.8) is 0 Å². The van der Waals surface area contributed by atoms with E-state index in [9.17, 15) is 55.5 Å². The van der Waals surface area contributed by atoms with Crippen LogP contribution in [0.25, 0.3) is 0 Å². The van der Waals surface area contributed by atoms with Gasteiger partial charge < -0.3 is 88.6 Å². The van der Waals surface area contributed by atoms with Crippen LogP contribution in [0, 0.1) is 53.3 Å². The Labute approximate surface area is 587 Å². The lowest BCUT2D eigenvalue weighted by molar-refractivity contribution is -0.155. The number of fused-ring (bicyclic) bond motifs is 4. The molecule has 9 N–H and O–H groups in total. The van der Waals surface area contributed by atoms with Gasteiger partial charge >= 0.3 is 11.9 Å². The molecule has 98 heavy (non-hydrogen) atoms. The SMILES string of the molecule is COC1CC2CC=C[C@@H](C[C@@H](O)C/C=C(C)/C=C/C(=O)O[C@@H](C[C@@H](O)[C@H](C)C(O)C(C)[C@@H](O)C(C)CCC3C[C@H](OC)C[C@H](C)O3)[C@H](C)[C@@H](CO)CC3CC=C[C@@H](CC(O)C/C=C(C)/C=C/C(=O)O[C@@H](C(C)CCC4C[C@H](OC)C[C@H](C)O4)C(C)C(O)[C@@H](C)[C@H](O)CC(O)C1C)O3)O2. The summed E-state index contributed by atoms with van der Waals surface area (Å²) in [6, 6.07) is 0. The molecule has 5 rings (SSSR count). The summed E-state index contributed by atoms with van der Waals surface area (Å²) in [4.78, 5) is 27.8. The maximum Gasteiger partial charge on any atom is 0.331 e. The van der Waals surface area contributed by atoms with Gasteiger partial charge in [-0.05, 0) is 141 Å². The average molecular weight is 1390 g/mol. The fraction of sp³-hybridized carbons (Fsp3) is 0.821. The minimum absolute atomic E-state index is 0.00235. The number of rotatable bonds is 18. The fourth-order valence-electron chi connectivity index (χ4n) is 15.4. The van der Waals surface area contributed by atoms with E-state index in [1.807, 2.05) is 91.8 Å². The first kappa shape index (κ1) is 85.4. The summed E-state index contributed by atoms with van der Waals surface area (Å²) in [6.07, 6.45) is 14.3. The summed E-state index contributed by atoms with van der Waals surface area (Å²) in [5.41, 5.74) is 1.39. The van der Waals surface area contributed by atoms with E-state index in [0.717, 1.165) is 32.1 Å². The minimum atomic E-state index is -1.19. The van der Waals surface area contributed by atoms with Crippen LogP contribution in [0.15, 0.2) is 71.9 Å². The molecule has 14 unspecified atom stereocenters. The van der Waals surface area contributed by atoms with Crippen LogP contribution in [0.4, 0.5) is 0 Å². The number of aliphatic hydroxyl groups excluding tert-OH is 9. The third-order valence-electron chi connectivity index (χ3n) is 22.4. The highest BCUT2D eigenvalue weighted by Gasteiger charge is 2.42. The predicted octanol–water partition coefficient (Wildman–Crippen LogP) is 9.70. The van der Waals surface area contributed by atoms with Crippen LogP contribution in [0.5, 0.6) is 0 Å². The highest BCUT2D eigenvalue weighted by atomic mass is 16.6. The first-order valence-corrected chi connectivity index (χ1v) is 37.1. The molecule has 4 bridgehead atoms. The Morgan fingerprint density at radius 2 is 1.03 bits per heavy atom. The molecule has 0 aromatic rings. The third kappa shape index (κ3) is 28.1. The molecule has 30 atom stereocenters. The number of hydrogen-bond acceptors (Lipinski definition) is 20. The van der Waals surface area contributed by atoms with Crippen LogP contribution in [0.1, 0.15) is 199 Å². The second kappa shape index (κ2) is 43.1. The zero-order valence-electron chi connectivity index (χ0n) is 62.0. The summed E-state index contributed by atoms with van der Waals surface area (Å²) >= 11 is 0. The summed E-state index contributed by atoms with van der Waals surface area (Å²) in [6.45, 7) is 22.1. The van der Waals surface area contributed by atoms with Gasteiger partial charge in [0, 0.05) is 95.4 Å². The summed E-state index contributed by atoms with van der Waals surface area (Å²) in [5.74, 6) is -5.93. The van der Waals surface area contributed by atoms with Crippen molar-refractivity contribution in [1.82, 2.24) is 0 Å². The Morgan fingerprint density at radius 1 is 0.531 bits per heavy atom. The molecule has 2 fully saturated rings. The second-order valence-electron chi connectivity index (χ2n) is 30.5. The van der Waals surface area contributed by atoms with Crippen molar-refractivity contribution < 1.29 is 98.2 Å². The van der Waals surface area contributed by atoms with Crippen LogP contribution in [0.2, 0.25) is 0 Å². The van der Waals surface area contributed by atoms with Crippen LogP contribution < -0.4 is 0 Å². The van der Waals surface area contributed by atoms with Gasteiger partial charge in [0.2, 0.25) is 0 Å². The molecule has 20 heteroatoms. The van der Waals surface area contributed by atoms with Crippen molar-refractivity contribution >= 4 is 11.9 Å². The number of cyclic esters (lactones) is 2. The normalized spacial score (nSPS) is 40.4. The van der Waals surface area contributed by atoms with Gasteiger partial charge in [-0.3, -0.25) is 0 Å². The van der Waals surface area contributed by atoms with Gasteiger partial charge in [-0.15, -0.1) is 0 Å². The number of allylic oxidation sites excluding steroid dienone is 4. The van der Waals surface area contributed by atoms with Crippen molar-refractivity contribution in [2.75, 3.05) is 27.9 Å². The first-order valence-electron chi connectivity index (χ1n) is 37.1. The Hall–Kier alpha value is -3.26. The van der Waals surface area contributed by atoms with Gasteiger partial charge in [-0.25, -0.2) is 9.59 Å². The van der Waals surface area contributed by atoms with E-state index in [-0.39, 0.29) is 106 Å². The maximum absolute atomic E-state index is 13.9. The van der Waals surface area contributed by atoms with Gasteiger partial charge in [0.25, 0.3) is 0 Å². The zero-order chi connectivity index (χ0) is 72.5. The van der Waals surface area contributed by atoms with Crippen molar-refractivity contribution in [2.45, 2.75) is 327 Å². The Kier molecular flexibility index (Phi) is 37.6. The van der Waals surface area contributed by atoms with Gasteiger partial charge in [0.05, 0.1) is 116 Å². The number of aliphatic hydroxyl groups is 9. The topological polar surface area (TPSA) is 299 Å². The highest BCUT2D eigenvalue weighted by molar-refractivity contribution is 5.83. The van der Waals surface area contributed by atoms with Crippen LogP contribution in [-0.2, 0) is 52.2 Å². The molecule has 5 aliphatic rings. The Bertz CT molecular complexity index is 2480. The summed E-state index contributed by atoms with van der Waals surface area (Å²) in [7, 11) is 5.00. The van der Waals surface area contributed by atoms with E-state index in [0.29, 0.717) is 56.1 Å². The van der Waals surface area contributed by atoms with E-state index in [2.05, 4.69) is 0 Å². The smallest absolute Gasteiger partial charge is 0.331 e. The van der Waals surface area contributed by atoms with Crippen molar-refractivity contribution in [3.8, 4) is 0 Å². The molecule has 20 nitrogen and oxygen atoms in total. The Balaban J connectivity index is 1.36. The van der Waals surface area contributed by atoms with Crippen molar-refractivity contribution in [3.05, 3.63) is 71.9 Å². The molecule has 0 spiro atoms. The van der Waals surface area contributed by atoms with Gasteiger partial charge in [-0.1, -0.05) is 115 Å². The quantitative estimate of drug-likeness (QED) is 0.0455. The average Bonchev–Trinajstić information content (AvgIpc) is 0.868. The van der Waals surface area contributed by atoms with Crippen molar-refractivity contribution in [2.24, 2.45) is 53.3 Å². The lowest BCUT2D eigenvalue weighted by Gasteiger charge is -2.38. The minimum Gasteiger partial charge on any atom is -0.459 e. The van der Waals surface area contributed by atoms with E-state index >= 15 is 0 Å². The number of carbonyl (C=O) groups excluding carboxylic acids is 2. The molecule has 5 aliphatic heterocycles. The molecule has 0 amide bonds. The third-order valence-corrected chi connectivity index (χ3v) is 22.4. The van der Waals surface area contributed by atoms with E-state index < -0.39 is 133 Å². The number of methoxy groups -OCH3 is 3. The summed E-state index contributed by atoms with van der Waals surface area (Å²) in [5, 5.41) is 105. The number of esters is 2. The zero-order valence-corrected chi connectivity index (χ0v) is 62.0. The maximum atomic E-state index is 13.9. The number of hydrogen-bond donors (Lipinski definition) is 9. The van der Waals surface area contributed by atoms with Crippen molar-refractivity contribution in [1.29, 1.82) is 0 Å². The van der Waals surface area contributed by atoms with E-state index in [4.69, 9.17) is 42.6 Å². The lowest BCUT2D eigenvalue weighted by Crippen LogP contribution is -2.45. The van der Waals surface area contributed by atoms with Gasteiger partial charge in [0.15, 0.2) is 0 Å². The predicted molar refractivity (Wildman–Crippen MR) is 377 cm³/mol. The number of carbonyl (C=O) groups is 2. The first-order chi connectivity index (χ1) is 46.4. The highest BCUT2D eigenvalue weighted by Crippen LogP contribution is 2.37. The molecule has 0 aromatic carbocycles. The van der Waals surface area contributed by atoms with Gasteiger partial charge in [-0.2, -0.15) is 0 Å². The molecule has 0 aromatic heterocycles. The van der Waals surface area contributed by atoms with E-state index in [1.165, 1.54) is 12.2 Å². The molecular formula is C78H132O20. The van der Waals surface area contributed by atoms with Crippen LogP contribution in [0.3, 0.4) is 0 Å². The molecule has 0 radical (unpaired) electrons. The lowest BCUT2D eigenvalue weighted by atomic mass is 9.78. The molecule has 0 saturated carbocycles. The standard InChI is InChI=1S/C78H132O20/c1-45-22-28-59(81)38-62-20-17-21-63(96-62)41-71(92-15)52(8)68(82)42-69(83)53(9)77(89)56(12)78(48(4)27-31-65-40-67(91-14)35-50(6)94-65)98-74(86)33-25-46(2)23-29-58(80)37-61-19-16-18-60(95-61)36-57(44-79)51(7)72(97-73(85)32-24-45)43-70(84)54(10)76(88)55(11)75(87)47(3)26-30-64-39-66(90-13)34-49(5)93-64/h16-17,19-20,22-25,32-33,47-72,75-84,87-89H,18,21,26-31,34-44H2,1-15H3/b32-24+,33-25+,45-22+,46-23+/t47?,48?,49-,50-,51+,52?,53-,54-,55?,56?,57+,58?,59-,60?,61-,62-,63?,64?,65?,66+,67+,68?,69+,70+,71?,72-,75-,76?,77?,78-/m0/s1. The van der Waals surface area contributed by atoms with Crippen LogP contribution in [-0.4, -0.2) is 214 Å². The molecular weight excluding hydrogens is 1260 g/mol. The monoisotopic (exact) mass is 1390 g/mol. The molecule has 0 aliphatic carbocycles. The molecule has 2 saturated heterocycles. The van der Waals surface area contributed by atoms with E-state index in [1.54, 1.807) is 61.2 Å². The largest absolute Gasteiger partial charge is 0.459 e. The second-order valence-corrected chi connectivity index (χ2v) is 30.5. The fourth-order valence-corrected chi connectivity index (χ4v) is 15.4. The Morgan fingerprint density at radius 3 is 1.54 bits per heavy atom. The van der Waals surface area contributed by atoms with Crippen LogP contribution >= 0.6 is 0 Å².